The lowest BCUT2D eigenvalue weighted by Crippen LogP contribution is -2.32. The molecule has 1 aliphatic rings. The quantitative estimate of drug-likeness (QED) is 0.507. The van der Waals surface area contributed by atoms with Crippen LogP contribution in [0.4, 0.5) is 4.39 Å². The SMILES string of the molecule is CC(=O)OC(=O)CC(=O)CN1C[C@@H](CF)CC1=O. The molecule has 0 aromatic heterocycles. The molecule has 0 radical (unpaired) electrons. The van der Waals surface area contributed by atoms with E-state index in [2.05, 4.69) is 4.74 Å². The highest BCUT2D eigenvalue weighted by Gasteiger charge is 2.31. The van der Waals surface area contributed by atoms with Crippen LogP contribution in [0.2, 0.25) is 0 Å². The third-order valence-corrected chi connectivity index (χ3v) is 2.48. The summed E-state index contributed by atoms with van der Waals surface area (Å²) in [7, 11) is 0. The van der Waals surface area contributed by atoms with E-state index in [0.29, 0.717) is 0 Å². The van der Waals surface area contributed by atoms with Crippen molar-refractivity contribution < 1.29 is 28.3 Å². The van der Waals surface area contributed by atoms with Gasteiger partial charge >= 0.3 is 11.9 Å². The van der Waals surface area contributed by atoms with Gasteiger partial charge in [0.25, 0.3) is 0 Å². The second-order valence-corrected chi connectivity index (χ2v) is 4.18. The average molecular weight is 259 g/mol. The number of carbonyl (C=O) groups is 4. The number of ketones is 1. The fourth-order valence-corrected chi connectivity index (χ4v) is 1.74. The fraction of sp³-hybridized carbons (Fsp3) is 0.636. The van der Waals surface area contributed by atoms with Crippen molar-refractivity contribution in [2.75, 3.05) is 19.8 Å². The number of ether oxygens (including phenoxy) is 1. The van der Waals surface area contributed by atoms with Gasteiger partial charge in [0.15, 0.2) is 5.78 Å². The molecule has 1 saturated heterocycles. The summed E-state index contributed by atoms with van der Waals surface area (Å²) < 4.78 is 16.6. The second-order valence-electron chi connectivity index (χ2n) is 4.18. The Bertz CT molecular complexity index is 382. The van der Waals surface area contributed by atoms with Crippen molar-refractivity contribution in [2.24, 2.45) is 5.92 Å². The van der Waals surface area contributed by atoms with Crippen LogP contribution in [0.5, 0.6) is 0 Å². The van der Waals surface area contributed by atoms with Gasteiger partial charge in [-0.1, -0.05) is 0 Å². The first-order chi connectivity index (χ1) is 8.42. The molecule has 0 aromatic carbocycles. The van der Waals surface area contributed by atoms with E-state index < -0.39 is 30.8 Å². The van der Waals surface area contributed by atoms with E-state index >= 15 is 0 Å². The van der Waals surface area contributed by atoms with E-state index in [1.165, 1.54) is 4.90 Å². The molecule has 1 amide bonds. The Morgan fingerprint density at radius 1 is 1.44 bits per heavy atom. The monoisotopic (exact) mass is 259 g/mol. The number of likely N-dealkylation sites (tertiary alicyclic amines) is 1. The Kier molecular flexibility index (Phi) is 4.94. The van der Waals surface area contributed by atoms with Gasteiger partial charge in [-0.2, -0.15) is 0 Å². The lowest BCUT2D eigenvalue weighted by Gasteiger charge is -2.14. The molecular formula is C11H14FNO5. The third-order valence-electron chi connectivity index (χ3n) is 2.48. The van der Waals surface area contributed by atoms with Crippen molar-refractivity contribution in [1.82, 2.24) is 4.90 Å². The molecule has 0 bridgehead atoms. The lowest BCUT2D eigenvalue weighted by molar-refractivity contribution is -0.158. The first-order valence-electron chi connectivity index (χ1n) is 5.49. The molecule has 1 heterocycles. The maximum absolute atomic E-state index is 12.4. The Morgan fingerprint density at radius 3 is 2.61 bits per heavy atom. The molecule has 0 aromatic rings. The van der Waals surface area contributed by atoms with Gasteiger partial charge in [-0.3, -0.25) is 23.6 Å². The summed E-state index contributed by atoms with van der Waals surface area (Å²) in [5, 5.41) is 0. The van der Waals surface area contributed by atoms with E-state index in [-0.39, 0.29) is 31.3 Å². The van der Waals surface area contributed by atoms with Gasteiger partial charge in [-0.15, -0.1) is 0 Å². The normalized spacial score (nSPS) is 18.9. The number of hydrogen-bond acceptors (Lipinski definition) is 5. The minimum Gasteiger partial charge on any atom is -0.393 e. The van der Waals surface area contributed by atoms with Crippen LogP contribution in [-0.2, 0) is 23.9 Å². The highest BCUT2D eigenvalue weighted by atomic mass is 19.1. The van der Waals surface area contributed by atoms with Gasteiger partial charge < -0.3 is 9.64 Å². The Hall–Kier alpha value is -1.79. The molecule has 6 nitrogen and oxygen atoms in total. The zero-order chi connectivity index (χ0) is 13.7. The third kappa shape index (κ3) is 4.23. The van der Waals surface area contributed by atoms with E-state index in [0.717, 1.165) is 6.92 Å². The van der Waals surface area contributed by atoms with Gasteiger partial charge in [-0.05, 0) is 0 Å². The minimum atomic E-state index is -0.943. The van der Waals surface area contributed by atoms with Crippen LogP contribution in [-0.4, -0.2) is 48.3 Å². The molecule has 0 spiro atoms. The summed E-state index contributed by atoms with van der Waals surface area (Å²) in [4.78, 5) is 45.5. The Balaban J connectivity index is 2.39. The van der Waals surface area contributed by atoms with Crippen molar-refractivity contribution >= 4 is 23.6 Å². The molecule has 1 atom stereocenters. The zero-order valence-corrected chi connectivity index (χ0v) is 9.98. The number of alkyl halides is 1. The van der Waals surface area contributed by atoms with Gasteiger partial charge in [0.1, 0.15) is 6.42 Å². The van der Waals surface area contributed by atoms with Crippen LogP contribution < -0.4 is 0 Å². The lowest BCUT2D eigenvalue weighted by atomic mass is 10.1. The first kappa shape index (κ1) is 14.3. The first-order valence-corrected chi connectivity index (χ1v) is 5.49. The predicted octanol–water partition coefficient (Wildman–Crippen LogP) is -0.147. The molecule has 1 aliphatic heterocycles. The molecule has 0 aliphatic carbocycles. The molecule has 7 heteroatoms. The van der Waals surface area contributed by atoms with Crippen LogP contribution >= 0.6 is 0 Å². The van der Waals surface area contributed by atoms with Crippen LogP contribution in [0.1, 0.15) is 19.8 Å². The number of halogens is 1. The number of Topliss-reactive ketones (excluding diaryl/α,β-unsaturated/α-hetero) is 1. The summed E-state index contributed by atoms with van der Waals surface area (Å²) in [5.41, 5.74) is 0. The summed E-state index contributed by atoms with van der Waals surface area (Å²) in [6, 6.07) is 0. The van der Waals surface area contributed by atoms with Gasteiger partial charge in [0, 0.05) is 25.8 Å². The Morgan fingerprint density at radius 2 is 2.11 bits per heavy atom. The molecule has 0 saturated carbocycles. The maximum atomic E-state index is 12.4. The predicted molar refractivity (Wildman–Crippen MR) is 57.1 cm³/mol. The summed E-state index contributed by atoms with van der Waals surface area (Å²) in [5.74, 6) is -2.95. The van der Waals surface area contributed by atoms with Crippen molar-refractivity contribution in [3.8, 4) is 0 Å². The number of carbonyl (C=O) groups excluding carboxylic acids is 4. The highest BCUT2D eigenvalue weighted by molar-refractivity contribution is 6.00. The zero-order valence-electron chi connectivity index (χ0n) is 9.98. The number of rotatable bonds is 5. The van der Waals surface area contributed by atoms with Gasteiger partial charge in [0.05, 0.1) is 13.2 Å². The minimum absolute atomic E-state index is 0.0850. The molecule has 18 heavy (non-hydrogen) atoms. The largest absolute Gasteiger partial charge is 0.393 e. The number of amides is 1. The smallest absolute Gasteiger partial charge is 0.321 e. The number of esters is 2. The van der Waals surface area contributed by atoms with Gasteiger partial charge in [-0.25, -0.2) is 0 Å². The summed E-state index contributed by atoms with van der Waals surface area (Å²) in [6.45, 7) is 0.381. The van der Waals surface area contributed by atoms with Gasteiger partial charge in [0.2, 0.25) is 5.91 Å². The summed E-state index contributed by atoms with van der Waals surface area (Å²) in [6.07, 6.45) is -0.481. The standard InChI is InChI=1S/C11H14FNO5/c1-7(14)18-11(17)3-9(15)6-13-5-8(4-12)2-10(13)16/h8H,2-6H2,1H3/t8-/m1/s1. The van der Waals surface area contributed by atoms with E-state index in [1.807, 2.05) is 0 Å². The highest BCUT2D eigenvalue weighted by Crippen LogP contribution is 2.17. The molecule has 0 N–H and O–H groups in total. The van der Waals surface area contributed by atoms with Crippen molar-refractivity contribution in [3.05, 3.63) is 0 Å². The van der Waals surface area contributed by atoms with Crippen LogP contribution in [0, 0.1) is 5.92 Å². The second kappa shape index (κ2) is 6.23. The number of nitrogens with zero attached hydrogens (tertiary/aromatic N) is 1. The van der Waals surface area contributed by atoms with E-state index in [4.69, 9.17) is 0 Å². The molecule has 100 valence electrons. The van der Waals surface area contributed by atoms with Crippen LogP contribution in [0.25, 0.3) is 0 Å². The van der Waals surface area contributed by atoms with Crippen LogP contribution in [0.3, 0.4) is 0 Å². The van der Waals surface area contributed by atoms with Crippen molar-refractivity contribution in [2.45, 2.75) is 19.8 Å². The fourth-order valence-electron chi connectivity index (χ4n) is 1.74. The van der Waals surface area contributed by atoms with Crippen LogP contribution in [0.15, 0.2) is 0 Å². The van der Waals surface area contributed by atoms with Crippen molar-refractivity contribution in [3.63, 3.8) is 0 Å². The molecular weight excluding hydrogens is 245 g/mol. The molecule has 0 unspecified atom stereocenters. The van der Waals surface area contributed by atoms with E-state index in [1.54, 1.807) is 0 Å². The van der Waals surface area contributed by atoms with Crippen molar-refractivity contribution in [1.29, 1.82) is 0 Å². The maximum Gasteiger partial charge on any atom is 0.321 e. The Labute approximate surface area is 103 Å². The molecule has 1 fully saturated rings. The molecule has 1 rings (SSSR count). The average Bonchev–Trinajstić information content (AvgIpc) is 2.58. The number of hydrogen-bond donors (Lipinski definition) is 0. The summed E-state index contributed by atoms with van der Waals surface area (Å²) >= 11 is 0. The topological polar surface area (TPSA) is 80.8 Å². The van der Waals surface area contributed by atoms with E-state index in [9.17, 15) is 23.6 Å².